The number of hydrogen-bond acceptors (Lipinski definition) is 3. The zero-order valence-corrected chi connectivity index (χ0v) is 9.10. The Labute approximate surface area is 94.0 Å². The van der Waals surface area contributed by atoms with Crippen LogP contribution in [-0.2, 0) is 0 Å². The molecule has 3 N–H and O–H groups in total. The number of rotatable bonds is 2. The fourth-order valence-electron chi connectivity index (χ4n) is 1.62. The van der Waals surface area contributed by atoms with E-state index in [1.807, 2.05) is 24.3 Å². The molecule has 0 aliphatic carbocycles. The molecule has 5 heteroatoms. The number of methoxy groups -OCH3 is 1. The van der Waals surface area contributed by atoms with Crippen LogP contribution in [0, 0.1) is 5.41 Å². The Morgan fingerprint density at radius 1 is 1.44 bits per heavy atom. The highest BCUT2D eigenvalue weighted by Gasteiger charge is 2.17. The third kappa shape index (κ3) is 1.98. The summed E-state index contributed by atoms with van der Waals surface area (Å²) in [5.41, 5.74) is 7.37. The summed E-state index contributed by atoms with van der Waals surface area (Å²) in [5.74, 6) is 0.814. The van der Waals surface area contributed by atoms with E-state index in [4.69, 9.17) is 15.9 Å². The molecule has 0 amide bonds. The van der Waals surface area contributed by atoms with E-state index in [-0.39, 0.29) is 5.96 Å². The number of hydrogen-bond donors (Lipinski definition) is 2. The molecule has 0 fully saturated rings. The summed E-state index contributed by atoms with van der Waals surface area (Å²) in [6.45, 7) is 0.677. The summed E-state index contributed by atoms with van der Waals surface area (Å²) in [6.07, 6.45) is 0.811. The van der Waals surface area contributed by atoms with E-state index in [2.05, 4.69) is 5.10 Å². The van der Waals surface area contributed by atoms with Crippen LogP contribution in [0.2, 0.25) is 0 Å². The second-order valence-electron chi connectivity index (χ2n) is 3.53. The topological polar surface area (TPSA) is 74.7 Å². The van der Waals surface area contributed by atoms with Crippen molar-refractivity contribution in [3.05, 3.63) is 29.8 Å². The lowest BCUT2D eigenvalue weighted by Gasteiger charge is -2.08. The minimum Gasteiger partial charge on any atom is -0.497 e. The van der Waals surface area contributed by atoms with Crippen molar-refractivity contribution in [2.75, 3.05) is 13.7 Å². The van der Waals surface area contributed by atoms with Crippen LogP contribution in [0.15, 0.2) is 29.4 Å². The number of nitrogens with one attached hydrogen (secondary N) is 1. The molecule has 1 heterocycles. The van der Waals surface area contributed by atoms with Crippen molar-refractivity contribution < 1.29 is 4.74 Å². The second-order valence-corrected chi connectivity index (χ2v) is 3.53. The molecular formula is C11H14N4O. The molecular weight excluding hydrogens is 204 g/mol. The molecule has 1 aromatic carbocycles. The number of hydrazone groups is 1. The van der Waals surface area contributed by atoms with E-state index in [0.717, 1.165) is 23.4 Å². The Balaban J connectivity index is 2.19. The molecule has 1 aliphatic heterocycles. The van der Waals surface area contributed by atoms with Crippen molar-refractivity contribution in [2.45, 2.75) is 6.42 Å². The van der Waals surface area contributed by atoms with Crippen LogP contribution in [-0.4, -0.2) is 30.3 Å². The second kappa shape index (κ2) is 4.22. The fourth-order valence-corrected chi connectivity index (χ4v) is 1.62. The van der Waals surface area contributed by atoms with Gasteiger partial charge in [0.1, 0.15) is 5.75 Å². The SMILES string of the molecule is COc1ccc(C2=NN(C(=N)N)CC2)cc1. The van der Waals surface area contributed by atoms with Gasteiger partial charge in [-0.1, -0.05) is 0 Å². The minimum atomic E-state index is -0.0106. The molecule has 1 aliphatic rings. The minimum absolute atomic E-state index is 0.0106. The van der Waals surface area contributed by atoms with Gasteiger partial charge in [-0.05, 0) is 29.8 Å². The lowest BCUT2D eigenvalue weighted by atomic mass is 10.1. The maximum absolute atomic E-state index is 7.28. The van der Waals surface area contributed by atoms with Gasteiger partial charge in [-0.15, -0.1) is 0 Å². The maximum Gasteiger partial charge on any atom is 0.209 e. The van der Waals surface area contributed by atoms with Crippen LogP contribution in [0.4, 0.5) is 0 Å². The molecule has 0 spiro atoms. The first-order valence-electron chi connectivity index (χ1n) is 5.04. The Morgan fingerprint density at radius 2 is 2.12 bits per heavy atom. The first-order valence-corrected chi connectivity index (χ1v) is 5.04. The van der Waals surface area contributed by atoms with E-state index < -0.39 is 0 Å². The summed E-state index contributed by atoms with van der Waals surface area (Å²) in [5, 5.41) is 13.1. The van der Waals surface area contributed by atoms with Gasteiger partial charge in [0.15, 0.2) is 0 Å². The molecule has 0 saturated heterocycles. The molecule has 0 aromatic heterocycles. The summed E-state index contributed by atoms with van der Waals surface area (Å²) in [6, 6.07) is 7.71. The molecule has 84 valence electrons. The van der Waals surface area contributed by atoms with Crippen molar-refractivity contribution in [1.82, 2.24) is 5.01 Å². The Bertz CT molecular complexity index is 424. The summed E-state index contributed by atoms with van der Waals surface area (Å²) in [4.78, 5) is 0. The quantitative estimate of drug-likeness (QED) is 0.574. The van der Waals surface area contributed by atoms with Gasteiger partial charge in [0.05, 0.1) is 19.4 Å². The van der Waals surface area contributed by atoms with E-state index in [1.165, 1.54) is 5.01 Å². The lowest BCUT2D eigenvalue weighted by Crippen LogP contribution is -2.29. The smallest absolute Gasteiger partial charge is 0.209 e. The molecule has 0 atom stereocenters. The number of nitrogens with two attached hydrogens (primary N) is 1. The van der Waals surface area contributed by atoms with E-state index in [9.17, 15) is 0 Å². The fraction of sp³-hybridized carbons (Fsp3) is 0.273. The summed E-state index contributed by atoms with van der Waals surface area (Å²) < 4.78 is 5.09. The van der Waals surface area contributed by atoms with Crippen LogP contribution in [0.25, 0.3) is 0 Å². The molecule has 0 unspecified atom stereocenters. The third-order valence-corrected chi connectivity index (χ3v) is 2.50. The molecule has 0 saturated carbocycles. The van der Waals surface area contributed by atoms with Crippen LogP contribution >= 0.6 is 0 Å². The Kier molecular flexibility index (Phi) is 2.76. The van der Waals surface area contributed by atoms with Gasteiger partial charge in [0.25, 0.3) is 0 Å². The van der Waals surface area contributed by atoms with Crippen LogP contribution in [0.1, 0.15) is 12.0 Å². The standard InChI is InChI=1S/C11H14N4O/c1-16-9-4-2-8(3-5-9)10-6-7-15(14-10)11(12)13/h2-5H,6-7H2,1H3,(H3,12,13). The molecule has 1 aromatic rings. The van der Waals surface area contributed by atoms with Gasteiger partial charge in [-0.3, -0.25) is 5.41 Å². The van der Waals surface area contributed by atoms with Crippen LogP contribution in [0.3, 0.4) is 0 Å². The normalized spacial score (nSPS) is 14.8. The Hall–Kier alpha value is -2.04. The van der Waals surface area contributed by atoms with Crippen LogP contribution < -0.4 is 10.5 Å². The predicted octanol–water partition coefficient (Wildman–Crippen LogP) is 0.998. The molecule has 2 rings (SSSR count). The molecule has 0 bridgehead atoms. The first kappa shape index (κ1) is 10.5. The largest absolute Gasteiger partial charge is 0.497 e. The molecule has 5 nitrogen and oxygen atoms in total. The molecule has 16 heavy (non-hydrogen) atoms. The number of benzene rings is 1. The van der Waals surface area contributed by atoms with Crippen molar-refractivity contribution in [2.24, 2.45) is 10.8 Å². The summed E-state index contributed by atoms with van der Waals surface area (Å²) >= 11 is 0. The summed E-state index contributed by atoms with van der Waals surface area (Å²) in [7, 11) is 1.64. The number of guanidine groups is 1. The molecule has 0 radical (unpaired) electrons. The average Bonchev–Trinajstić information content (AvgIpc) is 2.78. The van der Waals surface area contributed by atoms with Crippen molar-refractivity contribution in [3.8, 4) is 5.75 Å². The van der Waals surface area contributed by atoms with Gasteiger partial charge in [-0.25, -0.2) is 5.01 Å². The van der Waals surface area contributed by atoms with Crippen molar-refractivity contribution >= 4 is 11.7 Å². The first-order chi connectivity index (χ1) is 7.70. The highest BCUT2D eigenvalue weighted by atomic mass is 16.5. The highest BCUT2D eigenvalue weighted by Crippen LogP contribution is 2.16. The number of nitrogens with zero attached hydrogens (tertiary/aromatic N) is 2. The van der Waals surface area contributed by atoms with Crippen molar-refractivity contribution in [3.63, 3.8) is 0 Å². The Morgan fingerprint density at radius 3 is 2.62 bits per heavy atom. The zero-order valence-electron chi connectivity index (χ0n) is 9.10. The monoisotopic (exact) mass is 218 g/mol. The van der Waals surface area contributed by atoms with Gasteiger partial charge in [0.2, 0.25) is 5.96 Å². The maximum atomic E-state index is 7.28. The van der Waals surface area contributed by atoms with E-state index in [0.29, 0.717) is 6.54 Å². The zero-order chi connectivity index (χ0) is 11.5. The third-order valence-electron chi connectivity index (χ3n) is 2.50. The van der Waals surface area contributed by atoms with Gasteiger partial charge in [0, 0.05) is 6.42 Å². The van der Waals surface area contributed by atoms with Gasteiger partial charge >= 0.3 is 0 Å². The van der Waals surface area contributed by atoms with Gasteiger partial charge < -0.3 is 10.5 Å². The highest BCUT2D eigenvalue weighted by molar-refractivity contribution is 6.02. The lowest BCUT2D eigenvalue weighted by molar-refractivity contribution is 0.415. The van der Waals surface area contributed by atoms with Crippen molar-refractivity contribution in [1.29, 1.82) is 5.41 Å². The number of ether oxygens (including phenoxy) is 1. The average molecular weight is 218 g/mol. The van der Waals surface area contributed by atoms with E-state index >= 15 is 0 Å². The van der Waals surface area contributed by atoms with E-state index in [1.54, 1.807) is 7.11 Å². The predicted molar refractivity (Wildman–Crippen MR) is 62.8 cm³/mol. The van der Waals surface area contributed by atoms with Gasteiger partial charge in [-0.2, -0.15) is 5.10 Å². The van der Waals surface area contributed by atoms with Crippen LogP contribution in [0.5, 0.6) is 5.75 Å².